The van der Waals surface area contributed by atoms with Crippen LogP contribution in [0.3, 0.4) is 0 Å². The summed E-state index contributed by atoms with van der Waals surface area (Å²) in [6.07, 6.45) is 0. The van der Waals surface area contributed by atoms with Crippen molar-refractivity contribution in [2.24, 2.45) is 0 Å². The zero-order valence-corrected chi connectivity index (χ0v) is 9.09. The summed E-state index contributed by atoms with van der Waals surface area (Å²) < 4.78 is 39.0. The molecular weight excluding hydrogens is 233 g/mol. The summed E-state index contributed by atoms with van der Waals surface area (Å²) in [5.41, 5.74) is 0.252. The van der Waals surface area contributed by atoms with Gasteiger partial charge >= 0.3 is 0 Å². The number of halogens is 3. The smallest absolute Gasteiger partial charge is 0.194 e. The van der Waals surface area contributed by atoms with Crippen LogP contribution in [-0.4, -0.2) is 37.4 Å². The summed E-state index contributed by atoms with van der Waals surface area (Å²) in [7, 11) is 0. The Bertz CT molecular complexity index is 391. The highest BCUT2D eigenvalue weighted by molar-refractivity contribution is 5.49. The molecule has 0 radical (unpaired) electrons. The highest BCUT2D eigenvalue weighted by Crippen LogP contribution is 2.23. The summed E-state index contributed by atoms with van der Waals surface area (Å²) in [5, 5.41) is 12.2. The van der Waals surface area contributed by atoms with E-state index in [9.17, 15) is 18.3 Å². The first-order valence-electron chi connectivity index (χ1n) is 5.36. The van der Waals surface area contributed by atoms with Gasteiger partial charge in [0.15, 0.2) is 17.5 Å². The maximum atomic E-state index is 13.1. The molecule has 0 bridgehead atoms. The zero-order valence-electron chi connectivity index (χ0n) is 9.09. The third kappa shape index (κ3) is 2.37. The van der Waals surface area contributed by atoms with Crippen LogP contribution in [0.25, 0.3) is 0 Å². The molecule has 0 aromatic heterocycles. The van der Waals surface area contributed by atoms with Crippen LogP contribution in [0.1, 0.15) is 0 Å². The number of rotatable bonds is 2. The van der Waals surface area contributed by atoms with E-state index in [1.165, 1.54) is 0 Å². The molecule has 1 aromatic rings. The average Bonchev–Trinajstić information content (AvgIpc) is 2.35. The van der Waals surface area contributed by atoms with E-state index in [0.29, 0.717) is 19.6 Å². The van der Waals surface area contributed by atoms with Gasteiger partial charge < -0.3 is 15.3 Å². The second-order valence-corrected chi connectivity index (χ2v) is 3.96. The summed E-state index contributed by atoms with van der Waals surface area (Å²) >= 11 is 0. The van der Waals surface area contributed by atoms with Gasteiger partial charge in [-0.25, -0.2) is 13.2 Å². The molecule has 3 nitrogen and oxygen atoms in total. The van der Waals surface area contributed by atoms with Gasteiger partial charge in [0.25, 0.3) is 0 Å². The Morgan fingerprint density at radius 1 is 1.29 bits per heavy atom. The van der Waals surface area contributed by atoms with E-state index in [-0.39, 0.29) is 18.3 Å². The van der Waals surface area contributed by atoms with Gasteiger partial charge in [0.1, 0.15) is 0 Å². The van der Waals surface area contributed by atoms with Crippen LogP contribution in [-0.2, 0) is 0 Å². The van der Waals surface area contributed by atoms with Crippen LogP contribution in [0.2, 0.25) is 0 Å². The van der Waals surface area contributed by atoms with Gasteiger partial charge in [-0.1, -0.05) is 0 Å². The fourth-order valence-corrected chi connectivity index (χ4v) is 1.97. The zero-order chi connectivity index (χ0) is 12.4. The number of benzene rings is 1. The fraction of sp³-hybridized carbons (Fsp3) is 0.455. The number of nitrogens with one attached hydrogen (secondary N) is 1. The molecule has 1 heterocycles. The number of aliphatic hydroxyl groups excluding tert-OH is 1. The molecule has 1 saturated heterocycles. The minimum atomic E-state index is -1.47. The normalized spacial score (nSPS) is 20.7. The lowest BCUT2D eigenvalue weighted by Gasteiger charge is -2.37. The molecule has 0 saturated carbocycles. The SMILES string of the molecule is OC[C@@H]1CNCCN1c1cc(F)c(F)c(F)c1. The quantitative estimate of drug-likeness (QED) is 0.760. The lowest BCUT2D eigenvalue weighted by Crippen LogP contribution is -2.53. The topological polar surface area (TPSA) is 35.5 Å². The molecule has 1 aliphatic rings. The molecule has 6 heteroatoms. The number of anilines is 1. The summed E-state index contributed by atoms with van der Waals surface area (Å²) in [4.78, 5) is 1.67. The molecule has 1 aromatic carbocycles. The highest BCUT2D eigenvalue weighted by Gasteiger charge is 2.23. The minimum absolute atomic E-state index is 0.131. The number of piperazine rings is 1. The van der Waals surface area contributed by atoms with E-state index in [1.807, 2.05) is 0 Å². The van der Waals surface area contributed by atoms with Crippen LogP contribution < -0.4 is 10.2 Å². The Kier molecular flexibility index (Phi) is 3.54. The summed E-state index contributed by atoms with van der Waals surface area (Å²) in [6.45, 7) is 1.55. The second kappa shape index (κ2) is 4.93. The molecule has 2 rings (SSSR count). The lowest BCUT2D eigenvalue weighted by atomic mass is 10.1. The van der Waals surface area contributed by atoms with Crippen molar-refractivity contribution in [3.63, 3.8) is 0 Å². The molecule has 2 N–H and O–H groups in total. The van der Waals surface area contributed by atoms with Crippen molar-refractivity contribution in [2.75, 3.05) is 31.1 Å². The van der Waals surface area contributed by atoms with Gasteiger partial charge in [0.05, 0.1) is 12.6 Å². The standard InChI is InChI=1S/C11H13F3N2O/c12-9-3-7(4-10(13)11(9)14)16-2-1-15-5-8(16)6-17/h3-4,8,15,17H,1-2,5-6H2/t8-/m0/s1. The maximum Gasteiger partial charge on any atom is 0.194 e. The molecule has 0 unspecified atom stereocenters. The summed E-state index contributed by atoms with van der Waals surface area (Å²) in [5.74, 6) is -3.89. The van der Waals surface area contributed by atoms with Crippen LogP contribution in [0, 0.1) is 17.5 Å². The van der Waals surface area contributed by atoms with E-state index in [0.717, 1.165) is 12.1 Å². The van der Waals surface area contributed by atoms with Crippen molar-refractivity contribution in [1.82, 2.24) is 5.32 Å². The van der Waals surface area contributed by atoms with Crippen molar-refractivity contribution < 1.29 is 18.3 Å². The average molecular weight is 246 g/mol. The second-order valence-electron chi connectivity index (χ2n) is 3.96. The number of hydrogen-bond donors (Lipinski definition) is 2. The maximum absolute atomic E-state index is 13.1. The van der Waals surface area contributed by atoms with Crippen molar-refractivity contribution >= 4 is 5.69 Å². The fourth-order valence-electron chi connectivity index (χ4n) is 1.97. The largest absolute Gasteiger partial charge is 0.394 e. The van der Waals surface area contributed by atoms with E-state index in [1.54, 1.807) is 4.90 Å². The van der Waals surface area contributed by atoms with Crippen molar-refractivity contribution in [3.05, 3.63) is 29.6 Å². The van der Waals surface area contributed by atoms with Crippen LogP contribution in [0.15, 0.2) is 12.1 Å². The van der Waals surface area contributed by atoms with Crippen LogP contribution >= 0.6 is 0 Å². The van der Waals surface area contributed by atoms with Gasteiger partial charge in [-0.05, 0) is 0 Å². The predicted molar refractivity (Wildman–Crippen MR) is 57.4 cm³/mol. The molecule has 0 amide bonds. The molecule has 17 heavy (non-hydrogen) atoms. The molecule has 1 aliphatic heterocycles. The van der Waals surface area contributed by atoms with E-state index in [2.05, 4.69) is 5.32 Å². The Balaban J connectivity index is 2.32. The van der Waals surface area contributed by atoms with Crippen molar-refractivity contribution in [1.29, 1.82) is 0 Å². The first-order valence-corrected chi connectivity index (χ1v) is 5.36. The summed E-state index contributed by atoms with van der Waals surface area (Å²) in [6, 6.07) is 1.65. The molecule has 94 valence electrons. The van der Waals surface area contributed by atoms with E-state index in [4.69, 9.17) is 0 Å². The number of nitrogens with zero attached hydrogens (tertiary/aromatic N) is 1. The van der Waals surface area contributed by atoms with Gasteiger partial charge in [0.2, 0.25) is 0 Å². The molecular formula is C11H13F3N2O. The van der Waals surface area contributed by atoms with Crippen LogP contribution in [0.4, 0.5) is 18.9 Å². The number of hydrogen-bond acceptors (Lipinski definition) is 3. The lowest BCUT2D eigenvalue weighted by molar-refractivity contribution is 0.246. The molecule has 0 aliphatic carbocycles. The molecule has 0 spiro atoms. The number of aliphatic hydroxyl groups is 1. The van der Waals surface area contributed by atoms with Crippen molar-refractivity contribution in [3.8, 4) is 0 Å². The highest BCUT2D eigenvalue weighted by atomic mass is 19.2. The molecule has 1 fully saturated rings. The molecule has 1 atom stereocenters. The first kappa shape index (κ1) is 12.2. The Labute approximate surface area is 96.9 Å². The van der Waals surface area contributed by atoms with Crippen molar-refractivity contribution in [2.45, 2.75) is 6.04 Å². The Morgan fingerprint density at radius 3 is 2.53 bits per heavy atom. The van der Waals surface area contributed by atoms with Gasteiger partial charge in [0, 0.05) is 37.5 Å². The van der Waals surface area contributed by atoms with Crippen LogP contribution in [0.5, 0.6) is 0 Å². The predicted octanol–water partition coefficient (Wildman–Crippen LogP) is 0.874. The van der Waals surface area contributed by atoms with E-state index >= 15 is 0 Å². The minimum Gasteiger partial charge on any atom is -0.394 e. The third-order valence-corrected chi connectivity index (χ3v) is 2.86. The monoisotopic (exact) mass is 246 g/mol. The first-order chi connectivity index (χ1) is 8.13. The van der Waals surface area contributed by atoms with Gasteiger partial charge in [-0.3, -0.25) is 0 Å². The van der Waals surface area contributed by atoms with Gasteiger partial charge in [-0.2, -0.15) is 0 Å². The van der Waals surface area contributed by atoms with Gasteiger partial charge in [-0.15, -0.1) is 0 Å². The Morgan fingerprint density at radius 2 is 1.94 bits per heavy atom. The third-order valence-electron chi connectivity index (χ3n) is 2.86. The Hall–Kier alpha value is -1.27. The van der Waals surface area contributed by atoms with E-state index < -0.39 is 17.5 Å².